The van der Waals surface area contributed by atoms with Gasteiger partial charge in [-0.3, -0.25) is 0 Å². The van der Waals surface area contributed by atoms with Gasteiger partial charge in [0.1, 0.15) is 0 Å². The number of hydrogen-bond donors (Lipinski definition) is 2. The highest BCUT2D eigenvalue weighted by atomic mass is 16.4. The number of hydrogen-bond acceptors (Lipinski definition) is 2. The molecular weight excluding hydrogens is 130 g/mol. The highest BCUT2D eigenvalue weighted by molar-refractivity contribution is 5.87. The van der Waals surface area contributed by atoms with Crippen LogP contribution < -0.4 is 0 Å². The molecule has 0 aliphatic heterocycles. The van der Waals surface area contributed by atoms with Gasteiger partial charge in [0, 0.05) is 17.7 Å². The highest BCUT2D eigenvalue weighted by Gasteiger charge is 1.97. The number of carbonyl (C=O) groups is 1. The van der Waals surface area contributed by atoms with Crippen LogP contribution in [0.15, 0.2) is 11.6 Å². The van der Waals surface area contributed by atoms with E-state index in [1.54, 1.807) is 6.92 Å². The quantitative estimate of drug-likeness (QED) is 0.461. The molecule has 0 saturated heterocycles. The van der Waals surface area contributed by atoms with E-state index in [-0.39, 0.29) is 0 Å². The van der Waals surface area contributed by atoms with Gasteiger partial charge in [0.2, 0.25) is 0 Å². The van der Waals surface area contributed by atoms with E-state index >= 15 is 0 Å². The van der Waals surface area contributed by atoms with Gasteiger partial charge in [0.25, 0.3) is 0 Å². The summed E-state index contributed by atoms with van der Waals surface area (Å²) < 4.78 is 0. The Hall–Kier alpha value is -1.12. The Morgan fingerprint density at radius 2 is 2.10 bits per heavy atom. The van der Waals surface area contributed by atoms with E-state index in [9.17, 15) is 4.79 Å². The van der Waals surface area contributed by atoms with Crippen molar-refractivity contribution in [2.75, 3.05) is 0 Å². The van der Waals surface area contributed by atoms with Gasteiger partial charge in [0.15, 0.2) is 0 Å². The van der Waals surface area contributed by atoms with Gasteiger partial charge >= 0.3 is 5.97 Å². The van der Waals surface area contributed by atoms with Crippen molar-refractivity contribution in [3.05, 3.63) is 11.6 Å². The van der Waals surface area contributed by atoms with Gasteiger partial charge < -0.3 is 10.5 Å². The van der Waals surface area contributed by atoms with Crippen molar-refractivity contribution in [2.24, 2.45) is 0 Å². The molecule has 0 unspecified atom stereocenters. The lowest BCUT2D eigenvalue weighted by Crippen LogP contribution is -1.96. The Balaban J connectivity index is 3.92. The normalized spacial score (nSPS) is 11.2. The van der Waals surface area contributed by atoms with Crippen molar-refractivity contribution in [3.8, 4) is 0 Å². The fourth-order valence-corrected chi connectivity index (χ4v) is 0.393. The van der Waals surface area contributed by atoms with E-state index in [2.05, 4.69) is 0 Å². The van der Waals surface area contributed by atoms with Crippen LogP contribution in [0.5, 0.6) is 0 Å². The van der Waals surface area contributed by atoms with Crippen LogP contribution in [0.2, 0.25) is 0 Å². The van der Waals surface area contributed by atoms with Gasteiger partial charge in [-0.1, -0.05) is 6.08 Å². The summed E-state index contributed by atoms with van der Waals surface area (Å²) in [5, 5.41) is 15.3. The lowest BCUT2D eigenvalue weighted by atomic mass is 10.2. The van der Waals surface area contributed by atoms with E-state index in [4.69, 9.17) is 10.5 Å². The molecule has 3 heteroatoms. The molecule has 0 amide bonds. The largest absolute Gasteiger partial charge is 0.478 e. The first-order chi connectivity index (χ1) is 4.54. The summed E-state index contributed by atoms with van der Waals surface area (Å²) in [6, 6.07) is 0. The number of allylic oxidation sites excluding steroid dienone is 1. The van der Waals surface area contributed by atoms with Crippen LogP contribution in [0.3, 0.4) is 0 Å². The summed E-state index contributed by atoms with van der Waals surface area (Å²) in [5.41, 5.74) is 0.771. The second kappa shape index (κ2) is 3.82. The third-order valence-corrected chi connectivity index (χ3v) is 1.05. The van der Waals surface area contributed by atoms with Crippen LogP contribution in [-0.4, -0.2) is 16.8 Å². The summed E-state index contributed by atoms with van der Waals surface area (Å²) in [4.78, 5) is 10.2. The van der Waals surface area contributed by atoms with Crippen molar-refractivity contribution >= 4 is 11.7 Å². The fraction of sp³-hybridized carbons (Fsp3) is 0.429. The summed E-state index contributed by atoms with van der Waals surface area (Å²) >= 11 is 0. The number of carboxylic acid groups (broad SMARTS) is 1. The molecule has 0 atom stereocenters. The lowest BCUT2D eigenvalue weighted by molar-refractivity contribution is -0.132. The minimum atomic E-state index is -0.916. The van der Waals surface area contributed by atoms with E-state index in [0.717, 1.165) is 0 Å². The van der Waals surface area contributed by atoms with Crippen LogP contribution in [-0.2, 0) is 4.79 Å². The molecule has 3 nitrogen and oxygen atoms in total. The first-order valence-corrected chi connectivity index (χ1v) is 2.98. The maximum atomic E-state index is 10.2. The smallest absolute Gasteiger partial charge is 0.330 e. The molecule has 0 fully saturated rings. The molecule has 0 aromatic rings. The monoisotopic (exact) mass is 141 g/mol. The number of carboxylic acids is 1. The third kappa shape index (κ3) is 3.83. The van der Waals surface area contributed by atoms with Crippen LogP contribution in [0.1, 0.15) is 20.3 Å². The Labute approximate surface area is 59.9 Å². The number of aliphatic carboxylic acids is 1. The molecule has 0 spiro atoms. The maximum Gasteiger partial charge on any atom is 0.330 e. The zero-order valence-corrected chi connectivity index (χ0v) is 6.14. The van der Waals surface area contributed by atoms with Gasteiger partial charge in [0.05, 0.1) is 0 Å². The average molecular weight is 141 g/mol. The molecule has 0 aliphatic carbocycles. The summed E-state index contributed by atoms with van der Waals surface area (Å²) in [5.74, 6) is -0.916. The van der Waals surface area contributed by atoms with Gasteiger partial charge in [-0.2, -0.15) is 0 Å². The predicted molar refractivity (Wildman–Crippen MR) is 39.4 cm³/mol. The summed E-state index contributed by atoms with van der Waals surface area (Å²) in [6.07, 6.45) is 1.96. The van der Waals surface area contributed by atoms with E-state index < -0.39 is 5.97 Å². The molecule has 10 heavy (non-hydrogen) atoms. The maximum absolute atomic E-state index is 10.2. The highest BCUT2D eigenvalue weighted by Crippen LogP contribution is 1.95. The van der Waals surface area contributed by atoms with Crippen LogP contribution in [0.25, 0.3) is 0 Å². The number of rotatable bonds is 3. The molecule has 0 bridgehead atoms. The molecule has 0 aromatic heterocycles. The van der Waals surface area contributed by atoms with E-state index in [1.807, 2.05) is 0 Å². The van der Waals surface area contributed by atoms with Gasteiger partial charge in [-0.15, -0.1) is 0 Å². The lowest BCUT2D eigenvalue weighted by Gasteiger charge is -1.91. The van der Waals surface area contributed by atoms with Crippen LogP contribution >= 0.6 is 0 Å². The minimum absolute atomic E-state index is 0.298. The van der Waals surface area contributed by atoms with Crippen molar-refractivity contribution in [2.45, 2.75) is 20.3 Å². The van der Waals surface area contributed by atoms with Crippen molar-refractivity contribution < 1.29 is 9.90 Å². The zero-order chi connectivity index (χ0) is 8.15. The summed E-state index contributed by atoms with van der Waals surface area (Å²) in [7, 11) is 0. The van der Waals surface area contributed by atoms with Crippen LogP contribution in [0, 0.1) is 5.41 Å². The molecule has 0 saturated carbocycles. The minimum Gasteiger partial charge on any atom is -0.478 e. The van der Waals surface area contributed by atoms with Gasteiger partial charge in [-0.05, 0) is 13.8 Å². The topological polar surface area (TPSA) is 61.2 Å². The fourth-order valence-electron chi connectivity index (χ4n) is 0.393. The van der Waals surface area contributed by atoms with Gasteiger partial charge in [-0.25, -0.2) is 4.79 Å². The van der Waals surface area contributed by atoms with Crippen molar-refractivity contribution in [3.63, 3.8) is 0 Å². The molecular formula is C7H11NO2. The molecule has 0 aliphatic rings. The predicted octanol–water partition coefficient (Wildman–Crippen LogP) is 1.45. The molecule has 0 radical (unpaired) electrons. The molecule has 2 N–H and O–H groups in total. The molecule has 56 valence electrons. The second-order valence-electron chi connectivity index (χ2n) is 2.18. The zero-order valence-electron chi connectivity index (χ0n) is 6.14. The third-order valence-electron chi connectivity index (χ3n) is 1.05. The molecule has 0 heterocycles. The van der Waals surface area contributed by atoms with Crippen molar-refractivity contribution in [1.29, 1.82) is 5.41 Å². The Morgan fingerprint density at radius 3 is 2.40 bits per heavy atom. The Morgan fingerprint density at radius 1 is 1.60 bits per heavy atom. The Kier molecular flexibility index (Phi) is 3.39. The Bertz CT molecular complexity index is 182. The standard InChI is InChI=1S/C7H11NO2/c1-5(7(9)10)3-4-6(2)8/h3,8H,4H2,1-2H3,(H,9,10). The van der Waals surface area contributed by atoms with E-state index in [1.165, 1.54) is 13.0 Å². The first-order valence-electron chi connectivity index (χ1n) is 2.98. The molecule has 0 aromatic carbocycles. The number of nitrogens with one attached hydrogen (secondary N) is 1. The second-order valence-corrected chi connectivity index (χ2v) is 2.18. The summed E-state index contributed by atoms with van der Waals surface area (Å²) in [6.45, 7) is 3.16. The first kappa shape index (κ1) is 8.88. The average Bonchev–Trinajstić information content (AvgIpc) is 1.82. The van der Waals surface area contributed by atoms with Crippen LogP contribution in [0.4, 0.5) is 0 Å². The SMILES string of the molecule is CC(=N)CC=C(C)C(=O)O. The molecule has 0 rings (SSSR count). The van der Waals surface area contributed by atoms with Crippen molar-refractivity contribution in [1.82, 2.24) is 0 Å². The van der Waals surface area contributed by atoms with E-state index in [0.29, 0.717) is 17.7 Å².